The molecule has 0 aliphatic rings. The van der Waals surface area contributed by atoms with Gasteiger partial charge in [0.2, 0.25) is 5.91 Å². The van der Waals surface area contributed by atoms with Crippen molar-refractivity contribution in [2.45, 2.75) is 12.3 Å². The first-order chi connectivity index (χ1) is 8.66. The fourth-order valence-corrected chi connectivity index (χ4v) is 1.38. The standard InChI is InChI=1S/C10H7ClF4N2O2/c11-6-3-4(1-2-5(6)7(16)18)17-9(19)10(14,15)8(12)13/h1-3,8H,(H2,16,18)(H,17,19). The molecule has 0 radical (unpaired) electrons. The number of nitrogens with one attached hydrogen (secondary N) is 1. The summed E-state index contributed by atoms with van der Waals surface area (Å²) in [6.45, 7) is 0. The smallest absolute Gasteiger partial charge is 0.366 e. The van der Waals surface area contributed by atoms with Crippen LogP contribution in [0.1, 0.15) is 10.4 Å². The lowest BCUT2D eigenvalue weighted by Crippen LogP contribution is -2.41. The van der Waals surface area contributed by atoms with Crippen molar-refractivity contribution in [3.8, 4) is 0 Å². The van der Waals surface area contributed by atoms with Gasteiger partial charge in [0, 0.05) is 5.69 Å². The monoisotopic (exact) mass is 298 g/mol. The van der Waals surface area contributed by atoms with Crippen LogP contribution < -0.4 is 11.1 Å². The van der Waals surface area contributed by atoms with Crippen LogP contribution in [0.4, 0.5) is 23.2 Å². The lowest BCUT2D eigenvalue weighted by Gasteiger charge is -2.15. The second-order valence-corrected chi connectivity index (χ2v) is 3.84. The first-order valence-corrected chi connectivity index (χ1v) is 5.10. The first kappa shape index (κ1) is 15.2. The van der Waals surface area contributed by atoms with Crippen molar-refractivity contribution in [3.63, 3.8) is 0 Å². The number of carbonyl (C=O) groups excluding carboxylic acids is 2. The van der Waals surface area contributed by atoms with E-state index >= 15 is 0 Å². The molecule has 9 heteroatoms. The maximum Gasteiger partial charge on any atom is 0.383 e. The third kappa shape index (κ3) is 3.34. The van der Waals surface area contributed by atoms with Crippen LogP contribution in [0.5, 0.6) is 0 Å². The summed E-state index contributed by atoms with van der Waals surface area (Å²) in [6, 6.07) is 3.05. The van der Waals surface area contributed by atoms with Crippen LogP contribution in [0.3, 0.4) is 0 Å². The molecule has 2 amide bonds. The number of halogens is 5. The molecule has 0 aromatic heterocycles. The van der Waals surface area contributed by atoms with E-state index in [0.29, 0.717) is 0 Å². The van der Waals surface area contributed by atoms with E-state index < -0.39 is 24.2 Å². The molecule has 0 saturated heterocycles. The van der Waals surface area contributed by atoms with E-state index in [-0.39, 0.29) is 16.3 Å². The van der Waals surface area contributed by atoms with E-state index in [1.54, 1.807) is 5.32 Å². The number of rotatable bonds is 4. The highest BCUT2D eigenvalue weighted by atomic mass is 35.5. The number of anilines is 1. The van der Waals surface area contributed by atoms with Crippen LogP contribution in [0, 0.1) is 0 Å². The topological polar surface area (TPSA) is 72.2 Å². The normalized spacial score (nSPS) is 11.5. The molecule has 0 atom stereocenters. The van der Waals surface area contributed by atoms with Crippen LogP contribution in [0.25, 0.3) is 0 Å². The minimum absolute atomic E-state index is 0.0970. The number of nitrogens with two attached hydrogens (primary N) is 1. The summed E-state index contributed by atoms with van der Waals surface area (Å²) in [7, 11) is 0. The largest absolute Gasteiger partial charge is 0.383 e. The van der Waals surface area contributed by atoms with Crippen molar-refractivity contribution in [2.75, 3.05) is 5.32 Å². The van der Waals surface area contributed by atoms with Crippen LogP contribution in [0.15, 0.2) is 18.2 Å². The van der Waals surface area contributed by atoms with Gasteiger partial charge in [0.15, 0.2) is 0 Å². The zero-order valence-corrected chi connectivity index (χ0v) is 9.85. The van der Waals surface area contributed by atoms with Crippen molar-refractivity contribution in [2.24, 2.45) is 5.73 Å². The summed E-state index contributed by atoms with van der Waals surface area (Å²) in [4.78, 5) is 21.8. The number of alkyl halides is 4. The molecule has 19 heavy (non-hydrogen) atoms. The Morgan fingerprint density at radius 1 is 1.32 bits per heavy atom. The summed E-state index contributed by atoms with van der Waals surface area (Å²) in [5, 5.41) is 1.36. The van der Waals surface area contributed by atoms with Crippen LogP contribution in [0.2, 0.25) is 5.02 Å². The highest BCUT2D eigenvalue weighted by molar-refractivity contribution is 6.34. The van der Waals surface area contributed by atoms with Crippen LogP contribution in [-0.4, -0.2) is 24.2 Å². The molecule has 0 aliphatic heterocycles. The summed E-state index contributed by atoms with van der Waals surface area (Å²) in [5.74, 6) is -7.86. The number of benzene rings is 1. The van der Waals surface area contributed by atoms with Gasteiger partial charge >= 0.3 is 18.3 Å². The van der Waals surface area contributed by atoms with Gasteiger partial charge in [-0.1, -0.05) is 11.6 Å². The fraction of sp³-hybridized carbons (Fsp3) is 0.200. The molecule has 0 aliphatic carbocycles. The van der Waals surface area contributed by atoms with Crippen molar-refractivity contribution >= 4 is 29.1 Å². The van der Waals surface area contributed by atoms with Gasteiger partial charge in [0.05, 0.1) is 10.6 Å². The summed E-state index contributed by atoms with van der Waals surface area (Å²) < 4.78 is 49.2. The Labute approximate surface area is 109 Å². The SMILES string of the molecule is NC(=O)c1ccc(NC(=O)C(F)(F)C(F)F)cc1Cl. The van der Waals surface area contributed by atoms with Gasteiger partial charge in [0.25, 0.3) is 0 Å². The Kier molecular flexibility index (Phi) is 4.35. The van der Waals surface area contributed by atoms with Crippen molar-refractivity contribution < 1.29 is 27.2 Å². The lowest BCUT2D eigenvalue weighted by molar-refractivity contribution is -0.163. The van der Waals surface area contributed by atoms with Crippen LogP contribution >= 0.6 is 11.6 Å². The highest BCUT2D eigenvalue weighted by Gasteiger charge is 2.48. The van der Waals surface area contributed by atoms with Gasteiger partial charge in [0.1, 0.15) is 0 Å². The second-order valence-electron chi connectivity index (χ2n) is 3.44. The maximum absolute atomic E-state index is 12.7. The van der Waals surface area contributed by atoms with E-state index in [1.807, 2.05) is 0 Å². The third-order valence-electron chi connectivity index (χ3n) is 2.07. The predicted octanol–water partition coefficient (Wildman–Crippen LogP) is 2.28. The lowest BCUT2D eigenvalue weighted by atomic mass is 10.2. The zero-order valence-electron chi connectivity index (χ0n) is 9.09. The van der Waals surface area contributed by atoms with E-state index in [1.165, 1.54) is 0 Å². The van der Waals surface area contributed by atoms with E-state index in [4.69, 9.17) is 17.3 Å². The van der Waals surface area contributed by atoms with Crippen molar-refractivity contribution in [3.05, 3.63) is 28.8 Å². The Balaban J connectivity index is 2.93. The van der Waals surface area contributed by atoms with Gasteiger partial charge < -0.3 is 11.1 Å². The summed E-state index contributed by atoms with van der Waals surface area (Å²) >= 11 is 5.60. The molecule has 1 aromatic carbocycles. The molecule has 0 fully saturated rings. The van der Waals surface area contributed by atoms with Crippen molar-refractivity contribution in [1.29, 1.82) is 0 Å². The van der Waals surface area contributed by atoms with Gasteiger partial charge in [-0.25, -0.2) is 8.78 Å². The quantitative estimate of drug-likeness (QED) is 0.837. The van der Waals surface area contributed by atoms with Crippen molar-refractivity contribution in [1.82, 2.24) is 0 Å². The number of hydrogen-bond donors (Lipinski definition) is 2. The molecule has 0 heterocycles. The highest BCUT2D eigenvalue weighted by Crippen LogP contribution is 2.26. The Bertz CT molecular complexity index is 522. The average Bonchev–Trinajstić information content (AvgIpc) is 2.28. The zero-order chi connectivity index (χ0) is 14.8. The molecule has 4 nitrogen and oxygen atoms in total. The number of primary amides is 1. The maximum atomic E-state index is 12.7. The second kappa shape index (κ2) is 5.43. The molecular formula is C10H7ClF4N2O2. The Morgan fingerprint density at radius 2 is 1.89 bits per heavy atom. The van der Waals surface area contributed by atoms with E-state index in [2.05, 4.69) is 0 Å². The van der Waals surface area contributed by atoms with Gasteiger partial charge in [-0.05, 0) is 18.2 Å². The minimum atomic E-state index is -4.82. The molecule has 0 spiro atoms. The van der Waals surface area contributed by atoms with E-state index in [9.17, 15) is 27.2 Å². The molecule has 3 N–H and O–H groups in total. The number of amides is 2. The number of hydrogen-bond acceptors (Lipinski definition) is 2. The number of carbonyl (C=O) groups is 2. The molecule has 0 unspecified atom stereocenters. The Hall–Kier alpha value is -1.83. The average molecular weight is 299 g/mol. The fourth-order valence-electron chi connectivity index (χ4n) is 1.11. The third-order valence-corrected chi connectivity index (χ3v) is 2.38. The summed E-state index contributed by atoms with van der Waals surface area (Å²) in [5.41, 5.74) is 4.58. The van der Waals surface area contributed by atoms with Gasteiger partial charge in [-0.3, -0.25) is 9.59 Å². The van der Waals surface area contributed by atoms with Gasteiger partial charge in [-0.2, -0.15) is 8.78 Å². The summed E-state index contributed by atoms with van der Waals surface area (Å²) in [6.07, 6.45) is -4.13. The molecular weight excluding hydrogens is 292 g/mol. The van der Waals surface area contributed by atoms with Gasteiger partial charge in [-0.15, -0.1) is 0 Å². The first-order valence-electron chi connectivity index (χ1n) is 4.73. The van der Waals surface area contributed by atoms with Crippen LogP contribution in [-0.2, 0) is 4.79 Å². The predicted molar refractivity (Wildman–Crippen MR) is 59.6 cm³/mol. The molecule has 1 rings (SSSR count). The minimum Gasteiger partial charge on any atom is -0.366 e. The molecule has 1 aromatic rings. The molecule has 0 bridgehead atoms. The molecule has 104 valence electrons. The Morgan fingerprint density at radius 3 is 2.32 bits per heavy atom. The van der Waals surface area contributed by atoms with E-state index in [0.717, 1.165) is 18.2 Å². The molecule has 0 saturated carbocycles.